The monoisotopic (exact) mass is 171 g/mol. The van der Waals surface area contributed by atoms with Gasteiger partial charge in [-0.05, 0) is 16.8 Å². The van der Waals surface area contributed by atoms with Crippen LogP contribution >= 0.6 is 0 Å². The van der Waals surface area contributed by atoms with E-state index in [0.29, 0.717) is 0 Å². The molecule has 1 heterocycles. The summed E-state index contributed by atoms with van der Waals surface area (Å²) in [5.41, 5.74) is 4.14. The van der Waals surface area contributed by atoms with Crippen LogP contribution in [0, 0.1) is 0 Å². The third-order valence-electron chi connectivity index (χ3n) is 2.43. The first-order valence-corrected chi connectivity index (χ1v) is 4.35. The molecule has 0 unspecified atom stereocenters. The molecule has 3 rings (SSSR count). The molecule has 2 heteroatoms. The van der Waals surface area contributed by atoms with Crippen molar-refractivity contribution in [2.75, 3.05) is 0 Å². The Labute approximate surface area is 76.1 Å². The molecule has 2 aromatic rings. The average molecular weight is 171 g/mol. The van der Waals surface area contributed by atoms with Gasteiger partial charge in [0, 0.05) is 5.56 Å². The van der Waals surface area contributed by atoms with Crippen molar-refractivity contribution in [1.82, 2.24) is 5.48 Å². The Hall–Kier alpha value is -1.54. The van der Waals surface area contributed by atoms with Gasteiger partial charge < -0.3 is 4.84 Å². The minimum absolute atomic E-state index is 0.802. The van der Waals surface area contributed by atoms with E-state index in [0.717, 1.165) is 12.3 Å². The summed E-state index contributed by atoms with van der Waals surface area (Å²) in [5, 5.41) is 2.55. The Morgan fingerprint density at radius 3 is 3.00 bits per heavy atom. The van der Waals surface area contributed by atoms with Crippen molar-refractivity contribution >= 4 is 10.8 Å². The summed E-state index contributed by atoms with van der Waals surface area (Å²) in [6.07, 6.45) is 0. The molecule has 1 aliphatic heterocycles. The SMILES string of the molecule is c1ccc2c3c(ccc2c1)ONC3. The predicted molar refractivity (Wildman–Crippen MR) is 51.4 cm³/mol. The van der Waals surface area contributed by atoms with E-state index >= 15 is 0 Å². The van der Waals surface area contributed by atoms with Crippen LogP contribution in [-0.4, -0.2) is 0 Å². The summed E-state index contributed by atoms with van der Waals surface area (Å²) in [6.45, 7) is 0.802. The van der Waals surface area contributed by atoms with Gasteiger partial charge in [0.2, 0.25) is 0 Å². The van der Waals surface area contributed by atoms with E-state index in [1.807, 2.05) is 6.07 Å². The fourth-order valence-electron chi connectivity index (χ4n) is 1.78. The fraction of sp³-hybridized carbons (Fsp3) is 0.0909. The van der Waals surface area contributed by atoms with Gasteiger partial charge in [-0.15, -0.1) is 0 Å². The summed E-state index contributed by atoms with van der Waals surface area (Å²) in [6, 6.07) is 12.5. The second kappa shape index (κ2) is 2.47. The molecule has 0 radical (unpaired) electrons. The van der Waals surface area contributed by atoms with Crippen LogP contribution < -0.4 is 10.3 Å². The third-order valence-corrected chi connectivity index (χ3v) is 2.43. The summed E-state index contributed by atoms with van der Waals surface area (Å²) in [7, 11) is 0. The molecule has 0 bridgehead atoms. The fourth-order valence-corrected chi connectivity index (χ4v) is 1.78. The summed E-state index contributed by atoms with van der Waals surface area (Å²) in [5.74, 6) is 0.957. The minimum Gasteiger partial charge on any atom is -0.408 e. The van der Waals surface area contributed by atoms with Crippen LogP contribution in [0.3, 0.4) is 0 Å². The van der Waals surface area contributed by atoms with Gasteiger partial charge in [0.15, 0.2) is 5.75 Å². The van der Waals surface area contributed by atoms with E-state index in [-0.39, 0.29) is 0 Å². The predicted octanol–water partition coefficient (Wildman–Crippen LogP) is 2.24. The van der Waals surface area contributed by atoms with Gasteiger partial charge in [-0.1, -0.05) is 30.3 Å². The van der Waals surface area contributed by atoms with Gasteiger partial charge in [-0.25, -0.2) is 0 Å². The Morgan fingerprint density at radius 1 is 1.08 bits per heavy atom. The molecule has 0 amide bonds. The van der Waals surface area contributed by atoms with Crippen molar-refractivity contribution in [1.29, 1.82) is 0 Å². The highest BCUT2D eigenvalue weighted by Gasteiger charge is 2.13. The van der Waals surface area contributed by atoms with E-state index in [4.69, 9.17) is 4.84 Å². The van der Waals surface area contributed by atoms with Gasteiger partial charge in [-0.3, -0.25) is 0 Å². The first-order chi connectivity index (χ1) is 6.45. The maximum absolute atomic E-state index is 5.26. The number of hydrogen-bond acceptors (Lipinski definition) is 2. The van der Waals surface area contributed by atoms with E-state index < -0.39 is 0 Å². The topological polar surface area (TPSA) is 21.3 Å². The molecule has 64 valence electrons. The highest BCUT2D eigenvalue weighted by atomic mass is 16.7. The number of rotatable bonds is 0. The molecule has 13 heavy (non-hydrogen) atoms. The molecular formula is C11H9NO. The number of hydrogen-bond donors (Lipinski definition) is 1. The van der Waals surface area contributed by atoms with Crippen molar-refractivity contribution in [3.63, 3.8) is 0 Å². The van der Waals surface area contributed by atoms with Crippen LogP contribution in [-0.2, 0) is 6.54 Å². The van der Waals surface area contributed by atoms with Gasteiger partial charge in [0.25, 0.3) is 0 Å². The van der Waals surface area contributed by atoms with Crippen LogP contribution in [0.4, 0.5) is 0 Å². The molecule has 2 aromatic carbocycles. The summed E-state index contributed by atoms with van der Waals surface area (Å²) < 4.78 is 0. The number of hydroxylamine groups is 1. The maximum atomic E-state index is 5.26. The van der Waals surface area contributed by atoms with Crippen molar-refractivity contribution in [3.05, 3.63) is 42.0 Å². The van der Waals surface area contributed by atoms with Crippen LogP contribution in [0.25, 0.3) is 10.8 Å². The second-order valence-electron chi connectivity index (χ2n) is 3.19. The molecule has 1 aliphatic rings. The Morgan fingerprint density at radius 2 is 2.00 bits per heavy atom. The van der Waals surface area contributed by atoms with E-state index in [1.165, 1.54) is 16.3 Å². The standard InChI is InChI=1S/C11H9NO/c1-2-4-9-8(3-1)5-6-11-10(9)7-12-13-11/h1-6,12H,7H2. The maximum Gasteiger partial charge on any atom is 0.152 e. The van der Waals surface area contributed by atoms with Crippen LogP contribution in [0.15, 0.2) is 36.4 Å². The molecule has 0 aromatic heterocycles. The summed E-state index contributed by atoms with van der Waals surface area (Å²) >= 11 is 0. The van der Waals surface area contributed by atoms with Crippen molar-refractivity contribution in [3.8, 4) is 5.75 Å². The van der Waals surface area contributed by atoms with Crippen LogP contribution in [0.5, 0.6) is 5.75 Å². The molecule has 1 N–H and O–H groups in total. The largest absolute Gasteiger partial charge is 0.408 e. The molecule has 2 nitrogen and oxygen atoms in total. The van der Waals surface area contributed by atoms with Gasteiger partial charge in [-0.2, -0.15) is 5.48 Å². The Bertz CT molecular complexity index is 465. The molecular weight excluding hydrogens is 162 g/mol. The smallest absolute Gasteiger partial charge is 0.152 e. The zero-order valence-electron chi connectivity index (χ0n) is 7.08. The zero-order valence-corrected chi connectivity index (χ0v) is 7.08. The summed E-state index contributed by atoms with van der Waals surface area (Å²) in [4.78, 5) is 5.26. The van der Waals surface area contributed by atoms with Gasteiger partial charge in [0.05, 0.1) is 6.54 Å². The lowest BCUT2D eigenvalue weighted by Crippen LogP contribution is -2.07. The lowest BCUT2D eigenvalue weighted by Gasteiger charge is -2.01. The molecule has 0 spiro atoms. The van der Waals surface area contributed by atoms with Crippen LogP contribution in [0.1, 0.15) is 5.56 Å². The molecule has 0 saturated heterocycles. The lowest BCUT2D eigenvalue weighted by atomic mass is 10.0. The van der Waals surface area contributed by atoms with Gasteiger partial charge in [0.1, 0.15) is 0 Å². The van der Waals surface area contributed by atoms with E-state index in [2.05, 4.69) is 35.8 Å². The zero-order chi connectivity index (χ0) is 8.67. The highest BCUT2D eigenvalue weighted by Crippen LogP contribution is 2.30. The van der Waals surface area contributed by atoms with Crippen molar-refractivity contribution in [2.24, 2.45) is 0 Å². The van der Waals surface area contributed by atoms with Crippen LogP contribution in [0.2, 0.25) is 0 Å². The quantitative estimate of drug-likeness (QED) is 0.656. The minimum atomic E-state index is 0.802. The third kappa shape index (κ3) is 0.924. The molecule has 0 fully saturated rings. The molecule has 0 atom stereocenters. The van der Waals surface area contributed by atoms with Gasteiger partial charge >= 0.3 is 0 Å². The molecule has 0 saturated carbocycles. The number of nitrogens with one attached hydrogen (secondary N) is 1. The Balaban J connectivity index is 2.43. The average Bonchev–Trinajstić information content (AvgIpc) is 2.65. The number of benzene rings is 2. The normalized spacial score (nSPS) is 14.2. The molecule has 0 aliphatic carbocycles. The van der Waals surface area contributed by atoms with E-state index in [9.17, 15) is 0 Å². The second-order valence-corrected chi connectivity index (χ2v) is 3.19. The Kier molecular flexibility index (Phi) is 1.32. The lowest BCUT2D eigenvalue weighted by molar-refractivity contribution is 0.224. The first kappa shape index (κ1) is 6.92. The first-order valence-electron chi connectivity index (χ1n) is 4.35. The van der Waals surface area contributed by atoms with Crippen molar-refractivity contribution < 1.29 is 4.84 Å². The van der Waals surface area contributed by atoms with Crippen molar-refractivity contribution in [2.45, 2.75) is 6.54 Å². The highest BCUT2D eigenvalue weighted by molar-refractivity contribution is 5.88. The number of fused-ring (bicyclic) bond motifs is 3. The van der Waals surface area contributed by atoms with E-state index in [1.54, 1.807) is 0 Å².